The molecule has 4 nitrogen and oxygen atoms in total. The topological polar surface area (TPSA) is 70.5 Å². The summed E-state index contributed by atoms with van der Waals surface area (Å²) in [6.07, 6.45) is 1.09. The lowest BCUT2D eigenvalue weighted by atomic mass is 10.1. The standard InChI is InChI=1S/C16H22F2N2O2S/c1-9-10(2)23-16-11(9)12(17)14(21-7-3-5-19)15(13(16)18)22-8-4-6-20/h3-8,19-20H2,1-2H3. The summed E-state index contributed by atoms with van der Waals surface area (Å²) in [7, 11) is 0. The van der Waals surface area contributed by atoms with Crippen molar-refractivity contribution in [3.05, 3.63) is 22.1 Å². The number of fused-ring (bicyclic) bond motifs is 1. The van der Waals surface area contributed by atoms with Crippen molar-refractivity contribution in [2.24, 2.45) is 11.5 Å². The molecule has 7 heteroatoms. The second-order valence-electron chi connectivity index (χ2n) is 5.25. The Balaban J connectivity index is 2.53. The van der Waals surface area contributed by atoms with Gasteiger partial charge in [-0.3, -0.25) is 0 Å². The van der Waals surface area contributed by atoms with E-state index in [0.29, 0.717) is 25.9 Å². The fourth-order valence-corrected chi connectivity index (χ4v) is 3.32. The molecule has 0 fully saturated rings. The lowest BCUT2D eigenvalue weighted by molar-refractivity contribution is 0.247. The van der Waals surface area contributed by atoms with Gasteiger partial charge in [-0.1, -0.05) is 0 Å². The molecule has 0 unspecified atom stereocenters. The maximum Gasteiger partial charge on any atom is 0.201 e. The summed E-state index contributed by atoms with van der Waals surface area (Å²) in [5.74, 6) is -1.52. The van der Waals surface area contributed by atoms with E-state index in [-0.39, 0.29) is 34.8 Å². The Morgan fingerprint density at radius 2 is 1.43 bits per heavy atom. The molecule has 128 valence electrons. The minimum atomic E-state index is -0.581. The van der Waals surface area contributed by atoms with Crippen LogP contribution in [0, 0.1) is 25.5 Å². The van der Waals surface area contributed by atoms with Gasteiger partial charge in [-0.2, -0.15) is 0 Å². The summed E-state index contributed by atoms with van der Waals surface area (Å²) in [4.78, 5) is 0.866. The quantitative estimate of drug-likeness (QED) is 0.721. The molecule has 2 rings (SSSR count). The van der Waals surface area contributed by atoms with Gasteiger partial charge in [-0.25, -0.2) is 8.78 Å². The van der Waals surface area contributed by atoms with Crippen molar-refractivity contribution in [3.8, 4) is 11.5 Å². The zero-order valence-electron chi connectivity index (χ0n) is 13.4. The van der Waals surface area contributed by atoms with E-state index in [1.54, 1.807) is 6.92 Å². The van der Waals surface area contributed by atoms with Crippen molar-refractivity contribution in [3.63, 3.8) is 0 Å². The Labute approximate surface area is 138 Å². The first kappa shape index (κ1) is 17.9. The van der Waals surface area contributed by atoms with Gasteiger partial charge in [0.15, 0.2) is 11.6 Å². The summed E-state index contributed by atoms with van der Waals surface area (Å²) in [5.41, 5.74) is 11.6. The van der Waals surface area contributed by atoms with Crippen LogP contribution in [-0.4, -0.2) is 26.3 Å². The molecule has 0 spiro atoms. The molecular formula is C16H22F2N2O2S. The molecule has 0 saturated heterocycles. The van der Waals surface area contributed by atoms with E-state index in [4.69, 9.17) is 20.9 Å². The van der Waals surface area contributed by atoms with Gasteiger partial charge in [0.2, 0.25) is 11.5 Å². The van der Waals surface area contributed by atoms with Crippen LogP contribution in [0.3, 0.4) is 0 Å². The zero-order valence-corrected chi connectivity index (χ0v) is 14.2. The molecule has 0 radical (unpaired) electrons. The number of ether oxygens (including phenoxy) is 2. The summed E-state index contributed by atoms with van der Waals surface area (Å²) in [6, 6.07) is 0. The van der Waals surface area contributed by atoms with Crippen LogP contribution in [0.25, 0.3) is 10.1 Å². The molecule has 23 heavy (non-hydrogen) atoms. The van der Waals surface area contributed by atoms with Crippen LogP contribution in [-0.2, 0) is 0 Å². The van der Waals surface area contributed by atoms with Crippen molar-refractivity contribution in [1.29, 1.82) is 0 Å². The van der Waals surface area contributed by atoms with E-state index in [0.717, 1.165) is 10.4 Å². The second-order valence-corrected chi connectivity index (χ2v) is 6.48. The van der Waals surface area contributed by atoms with Crippen molar-refractivity contribution >= 4 is 21.4 Å². The van der Waals surface area contributed by atoms with Gasteiger partial charge in [0.05, 0.1) is 17.9 Å². The molecule has 0 aliphatic heterocycles. The summed E-state index contributed by atoms with van der Waals surface area (Å²) in [5, 5.41) is 0.263. The van der Waals surface area contributed by atoms with E-state index >= 15 is 0 Å². The number of rotatable bonds is 8. The monoisotopic (exact) mass is 344 g/mol. The molecule has 4 N–H and O–H groups in total. The predicted molar refractivity (Wildman–Crippen MR) is 89.5 cm³/mol. The van der Waals surface area contributed by atoms with Crippen LogP contribution >= 0.6 is 11.3 Å². The third-order valence-electron chi connectivity index (χ3n) is 3.60. The van der Waals surface area contributed by atoms with Gasteiger partial charge in [0.1, 0.15) is 0 Å². The Kier molecular flexibility index (Phi) is 6.15. The molecule has 0 amide bonds. The number of hydrogen-bond donors (Lipinski definition) is 2. The predicted octanol–water partition coefficient (Wildman–Crippen LogP) is 3.25. The molecule has 1 heterocycles. The first-order chi connectivity index (χ1) is 11.0. The fraction of sp³-hybridized carbons (Fsp3) is 0.500. The largest absolute Gasteiger partial charge is 0.487 e. The Morgan fingerprint density at radius 3 is 1.96 bits per heavy atom. The van der Waals surface area contributed by atoms with Crippen molar-refractivity contribution in [2.45, 2.75) is 26.7 Å². The maximum absolute atomic E-state index is 14.9. The summed E-state index contributed by atoms with van der Waals surface area (Å²) in [6.45, 7) is 4.83. The third kappa shape index (κ3) is 3.57. The molecule has 0 saturated carbocycles. The third-order valence-corrected chi connectivity index (χ3v) is 4.80. The highest BCUT2D eigenvalue weighted by molar-refractivity contribution is 7.19. The van der Waals surface area contributed by atoms with Gasteiger partial charge in [0.25, 0.3) is 0 Å². The molecule has 1 aromatic heterocycles. The Morgan fingerprint density at radius 1 is 0.913 bits per heavy atom. The van der Waals surface area contributed by atoms with Crippen LogP contribution < -0.4 is 20.9 Å². The highest BCUT2D eigenvalue weighted by Crippen LogP contribution is 2.44. The van der Waals surface area contributed by atoms with E-state index in [9.17, 15) is 8.78 Å². The molecule has 0 atom stereocenters. The first-order valence-electron chi connectivity index (χ1n) is 7.59. The number of halogens is 2. The molecule has 2 aromatic rings. The van der Waals surface area contributed by atoms with Gasteiger partial charge in [-0.05, 0) is 45.3 Å². The minimum absolute atomic E-state index is 0.179. The van der Waals surface area contributed by atoms with Crippen LogP contribution in [0.2, 0.25) is 0 Å². The SMILES string of the molecule is Cc1sc2c(F)c(OCCCN)c(OCCCN)c(F)c2c1C. The van der Waals surface area contributed by atoms with Crippen molar-refractivity contribution in [1.82, 2.24) is 0 Å². The summed E-state index contributed by atoms with van der Waals surface area (Å²) >= 11 is 1.21. The molecule has 1 aromatic carbocycles. The number of benzene rings is 1. The number of hydrogen-bond acceptors (Lipinski definition) is 5. The van der Waals surface area contributed by atoms with Crippen LogP contribution in [0.4, 0.5) is 8.78 Å². The smallest absolute Gasteiger partial charge is 0.201 e. The lowest BCUT2D eigenvalue weighted by Crippen LogP contribution is -2.11. The van der Waals surface area contributed by atoms with E-state index < -0.39 is 11.6 Å². The molecule has 0 aliphatic carbocycles. The molecular weight excluding hydrogens is 322 g/mol. The van der Waals surface area contributed by atoms with Crippen molar-refractivity contribution < 1.29 is 18.3 Å². The first-order valence-corrected chi connectivity index (χ1v) is 8.40. The van der Waals surface area contributed by atoms with Gasteiger partial charge >= 0.3 is 0 Å². The molecule has 0 bridgehead atoms. The fourth-order valence-electron chi connectivity index (χ4n) is 2.23. The average Bonchev–Trinajstić information content (AvgIpc) is 2.83. The van der Waals surface area contributed by atoms with Crippen molar-refractivity contribution in [2.75, 3.05) is 26.3 Å². The van der Waals surface area contributed by atoms with Crippen LogP contribution in [0.15, 0.2) is 0 Å². The molecule has 0 aliphatic rings. The minimum Gasteiger partial charge on any atom is -0.487 e. The highest BCUT2D eigenvalue weighted by atomic mass is 32.1. The number of thiophene rings is 1. The average molecular weight is 344 g/mol. The number of nitrogens with two attached hydrogens (primary N) is 2. The van der Waals surface area contributed by atoms with E-state index in [1.807, 2.05) is 6.92 Å². The van der Waals surface area contributed by atoms with Crippen LogP contribution in [0.1, 0.15) is 23.3 Å². The van der Waals surface area contributed by atoms with Crippen LogP contribution in [0.5, 0.6) is 11.5 Å². The van der Waals surface area contributed by atoms with Gasteiger partial charge in [0, 0.05) is 10.3 Å². The Hall–Kier alpha value is -1.44. The summed E-state index contributed by atoms with van der Waals surface area (Å²) < 4.78 is 40.9. The van der Waals surface area contributed by atoms with Gasteiger partial charge < -0.3 is 20.9 Å². The Bertz CT molecular complexity index is 689. The second kappa shape index (κ2) is 7.90. The maximum atomic E-state index is 14.9. The normalized spacial score (nSPS) is 11.2. The lowest BCUT2D eigenvalue weighted by Gasteiger charge is -2.15. The van der Waals surface area contributed by atoms with E-state index in [1.165, 1.54) is 11.3 Å². The highest BCUT2D eigenvalue weighted by Gasteiger charge is 2.26. The zero-order chi connectivity index (χ0) is 17.0. The van der Waals surface area contributed by atoms with Gasteiger partial charge in [-0.15, -0.1) is 11.3 Å². The van der Waals surface area contributed by atoms with E-state index in [2.05, 4.69) is 0 Å². The number of aryl methyl sites for hydroxylation is 2.